The van der Waals surface area contributed by atoms with Crippen molar-refractivity contribution in [3.8, 4) is 0 Å². The van der Waals surface area contributed by atoms with Gasteiger partial charge in [0, 0.05) is 21.1 Å². The highest BCUT2D eigenvalue weighted by molar-refractivity contribution is 6.05. The van der Waals surface area contributed by atoms with Crippen LogP contribution in [0.2, 0.25) is 0 Å². The van der Waals surface area contributed by atoms with Crippen molar-refractivity contribution in [1.29, 1.82) is 0 Å². The van der Waals surface area contributed by atoms with E-state index in [9.17, 15) is 18.8 Å². The molecule has 1 aliphatic heterocycles. The van der Waals surface area contributed by atoms with Crippen molar-refractivity contribution in [2.45, 2.75) is 19.0 Å². The van der Waals surface area contributed by atoms with Crippen molar-refractivity contribution < 1.29 is 18.8 Å². The first-order valence-electron chi connectivity index (χ1n) is 7.70. The zero-order chi connectivity index (χ0) is 18.3. The Hall–Kier alpha value is -2.97. The van der Waals surface area contributed by atoms with Gasteiger partial charge in [0.2, 0.25) is 5.91 Å². The van der Waals surface area contributed by atoms with Crippen LogP contribution in [0.5, 0.6) is 0 Å². The van der Waals surface area contributed by atoms with E-state index in [0.717, 1.165) is 4.90 Å². The summed E-state index contributed by atoms with van der Waals surface area (Å²) in [4.78, 5) is 47.1. The fraction of sp³-hybridized carbons (Fsp3) is 0.375. The van der Waals surface area contributed by atoms with E-state index in [4.69, 9.17) is 0 Å². The molecule has 1 atom stereocenters. The Labute approximate surface area is 143 Å². The number of nitrogens with zero attached hydrogens (tertiary/aromatic N) is 4. The quantitative estimate of drug-likeness (QED) is 0.834. The Kier molecular flexibility index (Phi) is 4.15. The lowest BCUT2D eigenvalue weighted by molar-refractivity contribution is -0.135. The summed E-state index contributed by atoms with van der Waals surface area (Å²) >= 11 is 0. The standard InChI is InChI=1S/C16H18FN5O3/c1-20(8-13-18-10-5-4-9(17)6-11(10)19-13)14(23)7-12-15(24)22(3)16(25)21(12)2/h4-6,12H,7-8H2,1-3H3,(H,18,19)/t12-/m1/s1. The maximum atomic E-state index is 13.2. The van der Waals surface area contributed by atoms with Crippen LogP contribution < -0.4 is 0 Å². The molecule has 1 fully saturated rings. The molecule has 1 aromatic carbocycles. The summed E-state index contributed by atoms with van der Waals surface area (Å²) in [6.07, 6.45) is -0.100. The van der Waals surface area contributed by atoms with Crippen molar-refractivity contribution in [2.75, 3.05) is 21.1 Å². The summed E-state index contributed by atoms with van der Waals surface area (Å²) < 4.78 is 13.2. The molecule has 9 heteroatoms. The summed E-state index contributed by atoms with van der Waals surface area (Å²) in [5, 5.41) is 0. The number of H-pyrrole nitrogens is 1. The minimum atomic E-state index is -0.794. The van der Waals surface area contributed by atoms with Gasteiger partial charge in [-0.05, 0) is 18.2 Å². The van der Waals surface area contributed by atoms with Crippen LogP contribution in [0, 0.1) is 5.82 Å². The maximum Gasteiger partial charge on any atom is 0.326 e. The molecule has 1 aromatic heterocycles. The first-order valence-corrected chi connectivity index (χ1v) is 7.70. The number of fused-ring (bicyclic) bond motifs is 1. The number of carbonyl (C=O) groups excluding carboxylic acids is 3. The summed E-state index contributed by atoms with van der Waals surface area (Å²) in [6, 6.07) is 2.99. The van der Waals surface area contributed by atoms with Gasteiger partial charge in [-0.15, -0.1) is 0 Å². The van der Waals surface area contributed by atoms with Gasteiger partial charge >= 0.3 is 6.03 Å². The van der Waals surface area contributed by atoms with Gasteiger partial charge < -0.3 is 14.8 Å². The Balaban J connectivity index is 1.68. The third-order valence-corrected chi connectivity index (χ3v) is 4.35. The molecule has 2 heterocycles. The second-order valence-corrected chi connectivity index (χ2v) is 6.11. The van der Waals surface area contributed by atoms with Crippen LogP contribution >= 0.6 is 0 Å². The molecule has 0 unspecified atom stereocenters. The minimum absolute atomic E-state index is 0.100. The van der Waals surface area contributed by atoms with Crippen LogP contribution in [0.1, 0.15) is 12.2 Å². The zero-order valence-electron chi connectivity index (χ0n) is 14.1. The normalized spacial score (nSPS) is 17.7. The Morgan fingerprint density at radius 2 is 2.08 bits per heavy atom. The van der Waals surface area contributed by atoms with Gasteiger partial charge in [0.25, 0.3) is 5.91 Å². The number of hydrogen-bond acceptors (Lipinski definition) is 4. The summed E-state index contributed by atoms with van der Waals surface area (Å²) in [5.41, 5.74) is 1.16. The number of carbonyl (C=O) groups is 3. The van der Waals surface area contributed by atoms with Crippen molar-refractivity contribution in [1.82, 2.24) is 24.7 Å². The molecule has 3 rings (SSSR count). The molecule has 0 bridgehead atoms. The van der Waals surface area contributed by atoms with Crippen molar-refractivity contribution >= 4 is 28.9 Å². The average molecular weight is 347 g/mol. The van der Waals surface area contributed by atoms with E-state index in [1.807, 2.05) is 0 Å². The number of imide groups is 1. The van der Waals surface area contributed by atoms with Gasteiger partial charge in [-0.2, -0.15) is 0 Å². The molecule has 25 heavy (non-hydrogen) atoms. The number of nitrogens with one attached hydrogen (secondary N) is 1. The highest BCUT2D eigenvalue weighted by Crippen LogP contribution is 2.18. The predicted molar refractivity (Wildman–Crippen MR) is 86.9 cm³/mol. The first kappa shape index (κ1) is 16.9. The number of likely N-dealkylation sites (N-methyl/N-ethyl adjacent to an activating group) is 2. The Morgan fingerprint density at radius 1 is 1.36 bits per heavy atom. The number of amides is 4. The van der Waals surface area contributed by atoms with Crippen LogP contribution in [0.3, 0.4) is 0 Å². The third kappa shape index (κ3) is 3.04. The molecule has 0 spiro atoms. The van der Waals surface area contributed by atoms with Gasteiger partial charge in [0.1, 0.15) is 17.7 Å². The summed E-state index contributed by atoms with van der Waals surface area (Å²) in [7, 11) is 4.47. The lowest BCUT2D eigenvalue weighted by Crippen LogP contribution is -2.38. The molecule has 1 N–H and O–H groups in total. The van der Waals surface area contributed by atoms with Crippen LogP contribution in [0.25, 0.3) is 11.0 Å². The molecule has 0 radical (unpaired) electrons. The number of rotatable bonds is 4. The van der Waals surface area contributed by atoms with Crippen molar-refractivity contribution in [3.05, 3.63) is 29.8 Å². The first-order chi connectivity index (χ1) is 11.8. The van der Waals surface area contributed by atoms with Gasteiger partial charge in [-0.25, -0.2) is 14.2 Å². The van der Waals surface area contributed by atoms with Crippen LogP contribution in [-0.4, -0.2) is 69.7 Å². The van der Waals surface area contributed by atoms with Crippen molar-refractivity contribution in [2.24, 2.45) is 0 Å². The molecular formula is C16H18FN5O3. The molecular weight excluding hydrogens is 329 g/mol. The Morgan fingerprint density at radius 3 is 2.72 bits per heavy atom. The monoisotopic (exact) mass is 347 g/mol. The van der Waals surface area contributed by atoms with Gasteiger partial charge in [-0.1, -0.05) is 0 Å². The zero-order valence-corrected chi connectivity index (χ0v) is 14.1. The largest absolute Gasteiger partial charge is 0.340 e. The number of benzene rings is 1. The van der Waals surface area contributed by atoms with E-state index in [-0.39, 0.29) is 24.7 Å². The van der Waals surface area contributed by atoms with Crippen LogP contribution in [-0.2, 0) is 16.1 Å². The van der Waals surface area contributed by atoms with E-state index in [1.54, 1.807) is 13.1 Å². The number of halogens is 1. The Bertz CT molecular complexity index is 865. The minimum Gasteiger partial charge on any atom is -0.340 e. The topological polar surface area (TPSA) is 89.6 Å². The molecule has 1 saturated heterocycles. The second-order valence-electron chi connectivity index (χ2n) is 6.11. The molecule has 4 amide bonds. The number of aromatic amines is 1. The highest BCUT2D eigenvalue weighted by atomic mass is 19.1. The summed E-state index contributed by atoms with van der Waals surface area (Å²) in [5.74, 6) is -0.548. The van der Waals surface area contributed by atoms with E-state index in [0.29, 0.717) is 16.9 Å². The van der Waals surface area contributed by atoms with Gasteiger partial charge in [0.05, 0.1) is 24.0 Å². The van der Waals surface area contributed by atoms with E-state index in [2.05, 4.69) is 9.97 Å². The second kappa shape index (κ2) is 6.15. The smallest absolute Gasteiger partial charge is 0.326 e. The number of urea groups is 1. The number of aromatic nitrogens is 2. The van der Waals surface area contributed by atoms with Gasteiger partial charge in [0.15, 0.2) is 0 Å². The molecule has 8 nitrogen and oxygen atoms in total. The van der Waals surface area contributed by atoms with Crippen molar-refractivity contribution in [3.63, 3.8) is 0 Å². The molecule has 132 valence electrons. The molecule has 0 saturated carbocycles. The maximum absolute atomic E-state index is 13.2. The third-order valence-electron chi connectivity index (χ3n) is 4.35. The predicted octanol–water partition coefficient (Wildman–Crippen LogP) is 0.943. The van der Waals surface area contributed by atoms with Crippen LogP contribution in [0.15, 0.2) is 18.2 Å². The fourth-order valence-corrected chi connectivity index (χ4v) is 2.82. The summed E-state index contributed by atoms with van der Waals surface area (Å²) in [6.45, 7) is 0.184. The lowest BCUT2D eigenvalue weighted by Gasteiger charge is -2.20. The molecule has 2 aromatic rings. The lowest BCUT2D eigenvalue weighted by atomic mass is 10.1. The highest BCUT2D eigenvalue weighted by Gasteiger charge is 2.42. The average Bonchev–Trinajstić information content (AvgIpc) is 3.04. The van der Waals surface area contributed by atoms with E-state index >= 15 is 0 Å². The van der Waals surface area contributed by atoms with Crippen LogP contribution in [0.4, 0.5) is 9.18 Å². The molecule has 1 aliphatic rings. The molecule has 0 aliphatic carbocycles. The SMILES string of the molecule is CN(Cc1nc2ccc(F)cc2[nH]1)C(=O)C[C@@H]1C(=O)N(C)C(=O)N1C. The van der Waals surface area contributed by atoms with Gasteiger partial charge in [-0.3, -0.25) is 14.5 Å². The van der Waals surface area contributed by atoms with E-state index in [1.165, 1.54) is 36.0 Å². The van der Waals surface area contributed by atoms with E-state index < -0.39 is 18.0 Å². The number of imidazole rings is 1. The fourth-order valence-electron chi connectivity index (χ4n) is 2.82. The number of hydrogen-bond donors (Lipinski definition) is 1.